The predicted octanol–water partition coefficient (Wildman–Crippen LogP) is 3.03. The summed E-state index contributed by atoms with van der Waals surface area (Å²) in [7, 11) is -0.327. The fraction of sp³-hybridized carbons (Fsp3) is 0.368. The van der Waals surface area contributed by atoms with Crippen molar-refractivity contribution in [3.63, 3.8) is 0 Å². The maximum atomic E-state index is 12.4. The summed E-state index contributed by atoms with van der Waals surface area (Å²) in [6.07, 6.45) is 0.934. The first-order valence-electron chi connectivity index (χ1n) is 8.38. The molecule has 1 aliphatic heterocycles. The van der Waals surface area contributed by atoms with Gasteiger partial charge in [0, 0.05) is 27.2 Å². The Morgan fingerprint density at radius 3 is 2.72 bits per heavy atom. The van der Waals surface area contributed by atoms with E-state index in [2.05, 4.69) is 17.9 Å². The number of hydrogen-bond acceptors (Lipinski definition) is 4. The highest BCUT2D eigenvalue weighted by molar-refractivity contribution is 7.89. The summed E-state index contributed by atoms with van der Waals surface area (Å²) >= 11 is 0. The maximum absolute atomic E-state index is 12.4. The largest absolute Gasteiger partial charge is 0.491 e. The Bertz CT molecular complexity index is 863. The van der Waals surface area contributed by atoms with Gasteiger partial charge in [0.1, 0.15) is 5.75 Å². The number of anilines is 1. The molecule has 0 unspecified atom stereocenters. The number of ether oxygens (including phenoxy) is 1. The molecule has 25 heavy (non-hydrogen) atoms. The number of aryl methyl sites for hydroxylation is 1. The lowest BCUT2D eigenvalue weighted by molar-refractivity contribution is 0.322. The number of sulfonamides is 1. The average Bonchev–Trinajstić information content (AvgIpc) is 2.77. The van der Waals surface area contributed by atoms with Crippen molar-refractivity contribution in [1.29, 1.82) is 0 Å². The van der Waals surface area contributed by atoms with Crippen molar-refractivity contribution in [2.75, 3.05) is 32.1 Å². The van der Waals surface area contributed by atoms with Crippen LogP contribution in [0.1, 0.15) is 17.5 Å². The third kappa shape index (κ3) is 3.80. The minimum Gasteiger partial charge on any atom is -0.491 e. The summed E-state index contributed by atoms with van der Waals surface area (Å²) in [4.78, 5) is 2.59. The van der Waals surface area contributed by atoms with E-state index in [1.807, 2.05) is 18.2 Å². The molecule has 1 aliphatic rings. The molecule has 0 N–H and O–H groups in total. The second kappa shape index (κ2) is 7.06. The van der Waals surface area contributed by atoms with Crippen LogP contribution in [0.5, 0.6) is 5.75 Å². The lowest BCUT2D eigenvalue weighted by atomic mass is 10.1. The van der Waals surface area contributed by atoms with E-state index < -0.39 is 10.0 Å². The third-order valence-electron chi connectivity index (χ3n) is 4.34. The average molecular weight is 360 g/mol. The van der Waals surface area contributed by atoms with Crippen LogP contribution in [0.15, 0.2) is 47.4 Å². The highest BCUT2D eigenvalue weighted by Gasteiger charge is 2.20. The van der Waals surface area contributed by atoms with Gasteiger partial charge in [0.25, 0.3) is 0 Å². The first-order valence-corrected chi connectivity index (χ1v) is 9.82. The molecule has 0 amide bonds. The predicted molar refractivity (Wildman–Crippen MR) is 99.7 cm³/mol. The SMILES string of the molecule is Cc1ccc2c(c1)N(Cc1cccc(S(=O)(=O)N(C)C)c1)CCCO2. The summed E-state index contributed by atoms with van der Waals surface area (Å²) in [5.41, 5.74) is 3.22. The van der Waals surface area contributed by atoms with E-state index in [9.17, 15) is 8.42 Å². The lowest BCUT2D eigenvalue weighted by Crippen LogP contribution is -2.24. The van der Waals surface area contributed by atoms with Gasteiger partial charge in [-0.2, -0.15) is 0 Å². The van der Waals surface area contributed by atoms with Gasteiger partial charge in [0.2, 0.25) is 10.0 Å². The Morgan fingerprint density at radius 1 is 1.16 bits per heavy atom. The molecule has 0 spiro atoms. The third-order valence-corrected chi connectivity index (χ3v) is 6.15. The minimum atomic E-state index is -3.42. The summed E-state index contributed by atoms with van der Waals surface area (Å²) in [6.45, 7) is 4.28. The van der Waals surface area contributed by atoms with Crippen LogP contribution in [0.4, 0.5) is 5.69 Å². The van der Waals surface area contributed by atoms with Gasteiger partial charge in [-0.1, -0.05) is 18.2 Å². The molecule has 0 saturated heterocycles. The fourth-order valence-corrected chi connectivity index (χ4v) is 3.93. The van der Waals surface area contributed by atoms with Gasteiger partial charge in [-0.15, -0.1) is 0 Å². The van der Waals surface area contributed by atoms with E-state index in [-0.39, 0.29) is 0 Å². The number of fused-ring (bicyclic) bond motifs is 1. The normalized spacial score (nSPS) is 14.8. The number of nitrogens with zero attached hydrogens (tertiary/aromatic N) is 2. The summed E-state index contributed by atoms with van der Waals surface area (Å²) in [6, 6.07) is 13.4. The van der Waals surface area contributed by atoms with E-state index in [0.717, 1.165) is 30.0 Å². The number of benzene rings is 2. The summed E-state index contributed by atoms with van der Waals surface area (Å²) < 4.78 is 31.8. The van der Waals surface area contributed by atoms with E-state index >= 15 is 0 Å². The molecule has 1 heterocycles. The van der Waals surface area contributed by atoms with E-state index in [0.29, 0.717) is 18.0 Å². The molecule has 3 rings (SSSR count). The monoisotopic (exact) mass is 360 g/mol. The molecular weight excluding hydrogens is 336 g/mol. The van der Waals surface area contributed by atoms with E-state index in [4.69, 9.17) is 4.74 Å². The van der Waals surface area contributed by atoms with Gasteiger partial charge >= 0.3 is 0 Å². The molecular formula is C19H24N2O3S. The minimum absolute atomic E-state index is 0.325. The van der Waals surface area contributed by atoms with Crippen molar-refractivity contribution < 1.29 is 13.2 Å². The van der Waals surface area contributed by atoms with Gasteiger partial charge in [0.15, 0.2) is 0 Å². The zero-order valence-corrected chi connectivity index (χ0v) is 15.7. The van der Waals surface area contributed by atoms with Gasteiger partial charge < -0.3 is 9.64 Å². The molecule has 0 saturated carbocycles. The van der Waals surface area contributed by atoms with Crippen molar-refractivity contribution in [1.82, 2.24) is 4.31 Å². The second-order valence-corrected chi connectivity index (χ2v) is 8.68. The first kappa shape index (κ1) is 17.8. The van der Waals surface area contributed by atoms with Crippen LogP contribution in [0.25, 0.3) is 0 Å². The first-order chi connectivity index (χ1) is 11.9. The highest BCUT2D eigenvalue weighted by atomic mass is 32.2. The number of rotatable bonds is 4. The van der Waals surface area contributed by atoms with Crippen molar-refractivity contribution >= 4 is 15.7 Å². The summed E-state index contributed by atoms with van der Waals surface area (Å²) in [5, 5.41) is 0. The molecule has 0 atom stereocenters. The smallest absolute Gasteiger partial charge is 0.242 e. The Balaban J connectivity index is 1.92. The van der Waals surface area contributed by atoms with Gasteiger partial charge in [-0.3, -0.25) is 0 Å². The topological polar surface area (TPSA) is 49.9 Å². The van der Waals surface area contributed by atoms with Gasteiger partial charge in [-0.05, 0) is 48.7 Å². The molecule has 0 aliphatic carbocycles. The Hall–Kier alpha value is -2.05. The Labute approximate surface area is 149 Å². The van der Waals surface area contributed by atoms with E-state index in [1.165, 1.54) is 9.87 Å². The zero-order valence-electron chi connectivity index (χ0n) is 14.9. The molecule has 2 aromatic rings. The lowest BCUT2D eigenvalue weighted by Gasteiger charge is -2.24. The molecule has 0 bridgehead atoms. The Morgan fingerprint density at radius 2 is 1.96 bits per heavy atom. The molecule has 134 valence electrons. The van der Waals surface area contributed by atoms with Crippen LogP contribution in [0.2, 0.25) is 0 Å². The van der Waals surface area contributed by atoms with Crippen molar-refractivity contribution in [2.24, 2.45) is 0 Å². The second-order valence-electron chi connectivity index (χ2n) is 6.53. The Kier molecular flexibility index (Phi) is 5.01. The van der Waals surface area contributed by atoms with Gasteiger partial charge in [-0.25, -0.2) is 12.7 Å². The number of hydrogen-bond donors (Lipinski definition) is 0. The fourth-order valence-electron chi connectivity index (χ4n) is 2.95. The molecule has 0 aromatic heterocycles. The van der Waals surface area contributed by atoms with Crippen molar-refractivity contribution in [3.05, 3.63) is 53.6 Å². The van der Waals surface area contributed by atoms with Crippen molar-refractivity contribution in [2.45, 2.75) is 24.8 Å². The quantitative estimate of drug-likeness (QED) is 0.841. The van der Waals surface area contributed by atoms with E-state index in [1.54, 1.807) is 32.3 Å². The standard InChI is InChI=1S/C19H24N2O3S/c1-15-8-9-19-18(12-15)21(10-5-11-24-19)14-16-6-4-7-17(13-16)25(22,23)20(2)3/h4,6-9,12-13H,5,10-11,14H2,1-3H3. The highest BCUT2D eigenvalue weighted by Crippen LogP contribution is 2.33. The van der Waals surface area contributed by atoms with Crippen LogP contribution in [0, 0.1) is 6.92 Å². The summed E-state index contributed by atoms with van der Waals surface area (Å²) in [5.74, 6) is 0.889. The molecule has 5 nitrogen and oxygen atoms in total. The molecule has 6 heteroatoms. The van der Waals surface area contributed by atoms with Crippen LogP contribution in [-0.2, 0) is 16.6 Å². The molecule has 0 radical (unpaired) electrons. The van der Waals surface area contributed by atoms with Crippen LogP contribution in [-0.4, -0.2) is 40.0 Å². The maximum Gasteiger partial charge on any atom is 0.242 e. The van der Waals surface area contributed by atoms with Crippen LogP contribution >= 0.6 is 0 Å². The zero-order chi connectivity index (χ0) is 18.0. The van der Waals surface area contributed by atoms with Crippen LogP contribution < -0.4 is 9.64 Å². The van der Waals surface area contributed by atoms with Crippen LogP contribution in [0.3, 0.4) is 0 Å². The molecule has 2 aromatic carbocycles. The van der Waals surface area contributed by atoms with Crippen molar-refractivity contribution in [3.8, 4) is 5.75 Å². The van der Waals surface area contributed by atoms with Gasteiger partial charge in [0.05, 0.1) is 17.2 Å². The molecule has 0 fully saturated rings.